The van der Waals surface area contributed by atoms with Crippen LogP contribution in [0.1, 0.15) is 31.3 Å². The summed E-state index contributed by atoms with van der Waals surface area (Å²) in [6.45, 7) is -0.0851. The molecule has 144 valence electrons. The fourth-order valence-corrected chi connectivity index (χ4v) is 3.07. The molecule has 0 bridgehead atoms. The van der Waals surface area contributed by atoms with Crippen LogP contribution < -0.4 is 10.6 Å². The molecule has 0 fully saturated rings. The van der Waals surface area contributed by atoms with Crippen molar-refractivity contribution >= 4 is 28.8 Å². The van der Waals surface area contributed by atoms with E-state index in [0.29, 0.717) is 5.56 Å². The van der Waals surface area contributed by atoms with Crippen molar-refractivity contribution in [2.45, 2.75) is 12.7 Å². The number of nitrogens with one attached hydrogen (secondary N) is 2. The average Bonchev–Trinajstić information content (AvgIpc) is 3.14. The first-order chi connectivity index (χ1) is 13.3. The standard InChI is InChI=1S/C18H13F3N4O2S/c19-18(20,21)12-3-1-2-11(8-12)9-24-17(27)15-13(4-7-28-15)25-16(26)14-10-22-5-6-23-14/h1-8,10H,9H2,(H,24,27)(H,25,26). The van der Waals surface area contributed by atoms with Gasteiger partial charge >= 0.3 is 6.18 Å². The molecular formula is C18H13F3N4O2S. The van der Waals surface area contributed by atoms with E-state index >= 15 is 0 Å². The Kier molecular flexibility index (Phi) is 5.69. The Hall–Kier alpha value is -3.27. The summed E-state index contributed by atoms with van der Waals surface area (Å²) in [5.41, 5.74) is -0.108. The van der Waals surface area contributed by atoms with Gasteiger partial charge in [-0.15, -0.1) is 11.3 Å². The van der Waals surface area contributed by atoms with Gasteiger partial charge in [0.15, 0.2) is 0 Å². The van der Waals surface area contributed by atoms with Crippen LogP contribution in [0.25, 0.3) is 0 Å². The normalized spacial score (nSPS) is 11.1. The maximum Gasteiger partial charge on any atom is 0.416 e. The van der Waals surface area contributed by atoms with E-state index < -0.39 is 23.6 Å². The minimum Gasteiger partial charge on any atom is -0.347 e. The number of halogens is 3. The molecule has 0 radical (unpaired) electrons. The second-order valence-electron chi connectivity index (χ2n) is 5.59. The zero-order chi connectivity index (χ0) is 20.1. The Morgan fingerprint density at radius 3 is 2.64 bits per heavy atom. The van der Waals surface area contributed by atoms with Gasteiger partial charge in [0.05, 0.1) is 17.4 Å². The van der Waals surface area contributed by atoms with Crippen molar-refractivity contribution < 1.29 is 22.8 Å². The number of rotatable bonds is 5. The predicted octanol–water partition coefficient (Wildman–Crippen LogP) is 3.74. The maximum atomic E-state index is 12.8. The number of alkyl halides is 3. The molecule has 6 nitrogen and oxygen atoms in total. The van der Waals surface area contributed by atoms with E-state index in [1.54, 1.807) is 11.4 Å². The van der Waals surface area contributed by atoms with Crippen LogP contribution in [0.4, 0.5) is 18.9 Å². The van der Waals surface area contributed by atoms with Gasteiger partial charge in [0.1, 0.15) is 10.6 Å². The lowest BCUT2D eigenvalue weighted by molar-refractivity contribution is -0.137. The van der Waals surface area contributed by atoms with Crippen molar-refractivity contribution in [1.29, 1.82) is 0 Å². The molecule has 0 aliphatic rings. The van der Waals surface area contributed by atoms with E-state index in [9.17, 15) is 22.8 Å². The zero-order valence-electron chi connectivity index (χ0n) is 14.2. The molecule has 1 aromatic carbocycles. The van der Waals surface area contributed by atoms with Crippen molar-refractivity contribution in [2.24, 2.45) is 0 Å². The van der Waals surface area contributed by atoms with Crippen LogP contribution in [0.15, 0.2) is 54.3 Å². The fraction of sp³-hybridized carbons (Fsp3) is 0.111. The molecular weight excluding hydrogens is 393 g/mol. The first kappa shape index (κ1) is 19.5. The number of anilines is 1. The molecule has 0 atom stereocenters. The first-order valence-electron chi connectivity index (χ1n) is 7.94. The van der Waals surface area contributed by atoms with Crippen LogP contribution >= 0.6 is 11.3 Å². The number of aromatic nitrogens is 2. The van der Waals surface area contributed by atoms with Crippen LogP contribution in [-0.4, -0.2) is 21.8 Å². The van der Waals surface area contributed by atoms with Crippen LogP contribution in [-0.2, 0) is 12.7 Å². The second-order valence-corrected chi connectivity index (χ2v) is 6.51. The summed E-state index contributed by atoms with van der Waals surface area (Å²) in [7, 11) is 0. The van der Waals surface area contributed by atoms with Crippen LogP contribution in [0, 0.1) is 0 Å². The van der Waals surface area contributed by atoms with Gasteiger partial charge in [-0.3, -0.25) is 14.6 Å². The molecule has 2 aromatic heterocycles. The van der Waals surface area contributed by atoms with Gasteiger partial charge in [-0.05, 0) is 29.1 Å². The third-order valence-electron chi connectivity index (χ3n) is 3.62. The molecule has 2 amide bonds. The largest absolute Gasteiger partial charge is 0.416 e. The summed E-state index contributed by atoms with van der Waals surface area (Å²) >= 11 is 1.09. The highest BCUT2D eigenvalue weighted by Crippen LogP contribution is 2.29. The van der Waals surface area contributed by atoms with E-state index in [2.05, 4.69) is 20.6 Å². The SMILES string of the molecule is O=C(Nc1ccsc1C(=O)NCc1cccc(C(F)(F)F)c1)c1cnccn1. The van der Waals surface area contributed by atoms with Gasteiger partial charge in [0.25, 0.3) is 11.8 Å². The summed E-state index contributed by atoms with van der Waals surface area (Å²) in [6, 6.07) is 6.26. The van der Waals surface area contributed by atoms with Crippen molar-refractivity contribution in [3.8, 4) is 0 Å². The Morgan fingerprint density at radius 1 is 1.11 bits per heavy atom. The van der Waals surface area contributed by atoms with Gasteiger partial charge in [0.2, 0.25) is 0 Å². The molecule has 2 N–H and O–H groups in total. The quantitative estimate of drug-likeness (QED) is 0.676. The summed E-state index contributed by atoms with van der Waals surface area (Å²) in [6.07, 6.45) is -0.375. The van der Waals surface area contributed by atoms with Crippen LogP contribution in [0.2, 0.25) is 0 Å². The van der Waals surface area contributed by atoms with Crippen molar-refractivity contribution in [2.75, 3.05) is 5.32 Å². The molecule has 0 saturated carbocycles. The number of carbonyl (C=O) groups is 2. The van der Waals surface area contributed by atoms with Gasteiger partial charge < -0.3 is 10.6 Å². The summed E-state index contributed by atoms with van der Waals surface area (Å²) in [5.74, 6) is -1.04. The minimum absolute atomic E-state index is 0.0851. The van der Waals surface area contributed by atoms with Crippen molar-refractivity contribution in [1.82, 2.24) is 15.3 Å². The second kappa shape index (κ2) is 8.17. The Labute approximate surface area is 161 Å². The monoisotopic (exact) mass is 406 g/mol. The van der Waals surface area contributed by atoms with E-state index in [4.69, 9.17) is 0 Å². The molecule has 0 unspecified atom stereocenters. The topological polar surface area (TPSA) is 84.0 Å². The number of carbonyl (C=O) groups excluding carboxylic acids is 2. The lowest BCUT2D eigenvalue weighted by Crippen LogP contribution is -2.24. The van der Waals surface area contributed by atoms with Crippen molar-refractivity contribution in [3.63, 3.8) is 0 Å². The zero-order valence-corrected chi connectivity index (χ0v) is 15.0. The molecule has 3 rings (SSSR count). The van der Waals surface area contributed by atoms with E-state index in [1.807, 2.05) is 0 Å². The number of hydrogen-bond acceptors (Lipinski definition) is 5. The van der Waals surface area contributed by atoms with Crippen LogP contribution in [0.5, 0.6) is 0 Å². The molecule has 10 heteroatoms. The Bertz CT molecular complexity index is 990. The third-order valence-corrected chi connectivity index (χ3v) is 4.54. The first-order valence-corrected chi connectivity index (χ1v) is 8.82. The highest BCUT2D eigenvalue weighted by molar-refractivity contribution is 7.12. The van der Waals surface area contributed by atoms with Gasteiger partial charge in [0, 0.05) is 18.9 Å². The number of nitrogens with zero attached hydrogens (tertiary/aromatic N) is 2. The number of hydrogen-bond donors (Lipinski definition) is 2. The molecule has 3 aromatic rings. The highest BCUT2D eigenvalue weighted by atomic mass is 32.1. The molecule has 28 heavy (non-hydrogen) atoms. The van der Waals surface area contributed by atoms with Gasteiger partial charge in [-0.1, -0.05) is 12.1 Å². The number of amides is 2. The Balaban J connectivity index is 1.66. The third kappa shape index (κ3) is 4.71. The summed E-state index contributed by atoms with van der Waals surface area (Å²) in [5, 5.41) is 6.75. The molecule has 2 heterocycles. The van der Waals surface area contributed by atoms with Crippen molar-refractivity contribution in [3.05, 3.63) is 76.0 Å². The predicted molar refractivity (Wildman–Crippen MR) is 96.9 cm³/mol. The van der Waals surface area contributed by atoms with E-state index in [0.717, 1.165) is 23.5 Å². The van der Waals surface area contributed by atoms with Crippen LogP contribution in [0.3, 0.4) is 0 Å². The Morgan fingerprint density at radius 2 is 1.93 bits per heavy atom. The maximum absolute atomic E-state index is 12.8. The lowest BCUT2D eigenvalue weighted by Gasteiger charge is -2.10. The number of benzene rings is 1. The van der Waals surface area contributed by atoms with Gasteiger partial charge in [-0.2, -0.15) is 13.2 Å². The molecule has 0 spiro atoms. The lowest BCUT2D eigenvalue weighted by atomic mass is 10.1. The minimum atomic E-state index is -4.45. The average molecular weight is 406 g/mol. The van der Waals surface area contributed by atoms with E-state index in [1.165, 1.54) is 30.7 Å². The summed E-state index contributed by atoms with van der Waals surface area (Å²) < 4.78 is 38.3. The molecule has 0 aliphatic heterocycles. The van der Waals surface area contributed by atoms with E-state index in [-0.39, 0.29) is 22.8 Å². The number of thiophene rings is 1. The summed E-state index contributed by atoms with van der Waals surface area (Å²) in [4.78, 5) is 32.4. The molecule has 0 saturated heterocycles. The fourth-order valence-electron chi connectivity index (χ4n) is 2.31. The smallest absolute Gasteiger partial charge is 0.347 e. The molecule has 0 aliphatic carbocycles. The highest BCUT2D eigenvalue weighted by Gasteiger charge is 2.30. The van der Waals surface area contributed by atoms with Gasteiger partial charge in [-0.25, -0.2) is 4.98 Å².